The van der Waals surface area contributed by atoms with Crippen LogP contribution in [-0.2, 0) is 19.1 Å². The Kier molecular flexibility index (Phi) is 9.80. The summed E-state index contributed by atoms with van der Waals surface area (Å²) < 4.78 is 11.1. The number of esters is 1. The second-order valence-electron chi connectivity index (χ2n) is 9.03. The van der Waals surface area contributed by atoms with E-state index in [1.165, 1.54) is 30.5 Å². The minimum atomic E-state index is -1.13. The molecule has 3 atom stereocenters. The van der Waals surface area contributed by atoms with E-state index < -0.39 is 35.4 Å². The van der Waals surface area contributed by atoms with Crippen LogP contribution >= 0.6 is 0 Å². The van der Waals surface area contributed by atoms with E-state index in [0.29, 0.717) is 18.7 Å². The van der Waals surface area contributed by atoms with Crippen molar-refractivity contribution in [1.82, 2.24) is 20.4 Å². The third-order valence-electron chi connectivity index (χ3n) is 6.11. The summed E-state index contributed by atoms with van der Waals surface area (Å²) in [5.74, 6) is 0.526. The average Bonchev–Trinajstić information content (AvgIpc) is 3.51. The minimum Gasteiger partial charge on any atom is -0.463 e. The first-order valence-corrected chi connectivity index (χ1v) is 12.5. The van der Waals surface area contributed by atoms with Gasteiger partial charge >= 0.3 is 5.97 Å². The molecule has 1 saturated heterocycles. The molecular weight excluding hydrogens is 506 g/mol. The lowest BCUT2D eigenvalue weighted by Crippen LogP contribution is -2.43. The maximum atomic E-state index is 13.5. The van der Waals surface area contributed by atoms with Crippen LogP contribution in [0.25, 0.3) is 0 Å². The van der Waals surface area contributed by atoms with E-state index in [4.69, 9.17) is 15.7 Å². The standard InChI is InChI=1S/C27H31N5O7/c1-5-8-22(32-12-7-9-20(26(32)36)30-24(34)21-14-17(4)39-31-21)25(35)29-19(13-16(3)27(37)38-6-2)15-18-10-11-28-23(18)33/h1,7,9,12-14,18-19,22H,6,8,10-11,15H2,2-4H3,(H,28,33)(H,29,35)(H,30,34)/t18-,19+,22-/m0/s1. The molecule has 3 amide bonds. The summed E-state index contributed by atoms with van der Waals surface area (Å²) in [4.78, 5) is 63.6. The van der Waals surface area contributed by atoms with Crippen LogP contribution in [0.1, 0.15) is 55.4 Å². The maximum Gasteiger partial charge on any atom is 0.333 e. The zero-order chi connectivity index (χ0) is 28.5. The third kappa shape index (κ3) is 7.44. The molecular formula is C27H31N5O7. The Morgan fingerprint density at radius 1 is 1.38 bits per heavy atom. The van der Waals surface area contributed by atoms with Crippen LogP contribution < -0.4 is 21.5 Å². The summed E-state index contributed by atoms with van der Waals surface area (Å²) in [5, 5.41) is 11.7. The van der Waals surface area contributed by atoms with E-state index in [1.54, 1.807) is 20.8 Å². The highest BCUT2D eigenvalue weighted by Gasteiger charge is 2.30. The Bertz CT molecular complexity index is 1370. The molecule has 0 radical (unpaired) electrons. The number of ether oxygens (including phenoxy) is 1. The van der Waals surface area contributed by atoms with Crippen molar-refractivity contribution in [2.75, 3.05) is 18.5 Å². The summed E-state index contributed by atoms with van der Waals surface area (Å²) in [6, 6.07) is 2.45. The molecule has 2 aromatic heterocycles. The van der Waals surface area contributed by atoms with Gasteiger partial charge in [0.1, 0.15) is 17.5 Å². The van der Waals surface area contributed by atoms with E-state index in [2.05, 4.69) is 27.0 Å². The van der Waals surface area contributed by atoms with Gasteiger partial charge in [-0.15, -0.1) is 12.3 Å². The van der Waals surface area contributed by atoms with E-state index in [9.17, 15) is 24.0 Å². The van der Waals surface area contributed by atoms with Crippen LogP contribution in [-0.4, -0.2) is 52.6 Å². The Morgan fingerprint density at radius 3 is 2.77 bits per heavy atom. The molecule has 0 bridgehead atoms. The van der Waals surface area contributed by atoms with E-state index in [-0.39, 0.29) is 48.2 Å². The maximum absolute atomic E-state index is 13.5. The summed E-state index contributed by atoms with van der Waals surface area (Å²) in [7, 11) is 0. The van der Waals surface area contributed by atoms with Gasteiger partial charge in [-0.1, -0.05) is 11.2 Å². The zero-order valence-electron chi connectivity index (χ0n) is 22.0. The molecule has 12 nitrogen and oxygen atoms in total. The van der Waals surface area contributed by atoms with Crippen LogP contribution in [0.15, 0.2) is 45.4 Å². The molecule has 206 valence electrons. The Morgan fingerprint density at radius 2 is 2.15 bits per heavy atom. The van der Waals surface area contributed by atoms with Crippen molar-refractivity contribution in [1.29, 1.82) is 0 Å². The molecule has 0 spiro atoms. The number of hydrogen-bond acceptors (Lipinski definition) is 8. The van der Waals surface area contributed by atoms with Crippen molar-refractivity contribution >= 4 is 29.4 Å². The van der Waals surface area contributed by atoms with Crippen molar-refractivity contribution in [3.63, 3.8) is 0 Å². The summed E-state index contributed by atoms with van der Waals surface area (Å²) in [6.45, 7) is 5.56. The second kappa shape index (κ2) is 13.2. The van der Waals surface area contributed by atoms with Gasteiger partial charge in [0.25, 0.3) is 11.5 Å². The van der Waals surface area contributed by atoms with Gasteiger partial charge in [-0.25, -0.2) is 4.79 Å². The number of aryl methyl sites for hydroxylation is 1. The lowest BCUT2D eigenvalue weighted by atomic mass is 9.96. The molecule has 39 heavy (non-hydrogen) atoms. The molecule has 1 aliphatic heterocycles. The minimum absolute atomic E-state index is 0.0113. The topological polar surface area (TPSA) is 162 Å². The first-order chi connectivity index (χ1) is 18.6. The number of aromatic nitrogens is 2. The molecule has 3 rings (SSSR count). The molecule has 2 aromatic rings. The lowest BCUT2D eigenvalue weighted by molar-refractivity contribution is -0.138. The summed E-state index contributed by atoms with van der Waals surface area (Å²) >= 11 is 0. The Labute approximate surface area is 225 Å². The highest BCUT2D eigenvalue weighted by Crippen LogP contribution is 2.19. The number of pyridine rings is 1. The largest absolute Gasteiger partial charge is 0.463 e. The van der Waals surface area contributed by atoms with Gasteiger partial charge in [0.15, 0.2) is 5.69 Å². The normalized spacial score (nSPS) is 16.5. The first-order valence-electron chi connectivity index (χ1n) is 12.5. The molecule has 1 fully saturated rings. The number of anilines is 1. The number of carbonyl (C=O) groups excluding carboxylic acids is 4. The van der Waals surface area contributed by atoms with Gasteiger partial charge in [-0.2, -0.15) is 0 Å². The number of nitrogens with one attached hydrogen (secondary N) is 3. The van der Waals surface area contributed by atoms with E-state index in [0.717, 1.165) is 4.57 Å². The number of carbonyl (C=O) groups is 4. The SMILES string of the molecule is C#CC[C@@H](C(=O)N[C@H](C=C(C)C(=O)OCC)C[C@@H]1CCNC1=O)n1cccc(NC(=O)c2cc(C)on2)c1=O. The molecule has 12 heteroatoms. The quantitative estimate of drug-likeness (QED) is 0.221. The molecule has 0 saturated carbocycles. The zero-order valence-corrected chi connectivity index (χ0v) is 22.0. The fourth-order valence-electron chi connectivity index (χ4n) is 4.18. The number of amides is 3. The smallest absolute Gasteiger partial charge is 0.333 e. The van der Waals surface area contributed by atoms with Gasteiger partial charge in [0.05, 0.1) is 6.61 Å². The van der Waals surface area contributed by atoms with Gasteiger partial charge < -0.3 is 29.8 Å². The van der Waals surface area contributed by atoms with Crippen LogP contribution in [0.3, 0.4) is 0 Å². The Balaban J connectivity index is 1.86. The number of rotatable bonds is 11. The van der Waals surface area contributed by atoms with E-state index >= 15 is 0 Å². The highest BCUT2D eigenvalue weighted by molar-refractivity contribution is 6.02. The third-order valence-corrected chi connectivity index (χ3v) is 6.11. The van der Waals surface area contributed by atoms with Crippen LogP contribution in [0.5, 0.6) is 0 Å². The number of terminal acetylenes is 1. The molecule has 1 aliphatic rings. The second-order valence-corrected chi connectivity index (χ2v) is 9.03. The fraction of sp³-hybridized carbons (Fsp3) is 0.407. The predicted molar refractivity (Wildman–Crippen MR) is 140 cm³/mol. The fourth-order valence-corrected chi connectivity index (χ4v) is 4.18. The van der Waals surface area contributed by atoms with Crippen molar-refractivity contribution < 1.29 is 28.4 Å². The first kappa shape index (κ1) is 28.9. The van der Waals surface area contributed by atoms with Gasteiger partial charge in [-0.3, -0.25) is 19.2 Å². The highest BCUT2D eigenvalue weighted by atomic mass is 16.5. The molecule has 3 N–H and O–H groups in total. The van der Waals surface area contributed by atoms with Crippen LogP contribution in [0, 0.1) is 25.2 Å². The van der Waals surface area contributed by atoms with Gasteiger partial charge in [-0.05, 0) is 45.7 Å². The molecule has 0 aliphatic carbocycles. The number of nitrogens with zero attached hydrogens (tertiary/aromatic N) is 2. The van der Waals surface area contributed by atoms with Crippen molar-refractivity contribution in [3.05, 3.63) is 57.9 Å². The molecule has 0 unspecified atom stereocenters. The monoisotopic (exact) mass is 537 g/mol. The average molecular weight is 538 g/mol. The van der Waals surface area contributed by atoms with Crippen molar-refractivity contribution in [2.45, 2.75) is 52.1 Å². The van der Waals surface area contributed by atoms with Gasteiger partial charge in [0, 0.05) is 42.8 Å². The van der Waals surface area contributed by atoms with Crippen molar-refractivity contribution in [3.8, 4) is 12.3 Å². The predicted octanol–water partition coefficient (Wildman–Crippen LogP) is 1.48. The Hall–Kier alpha value is -4.66. The molecule has 3 heterocycles. The summed E-state index contributed by atoms with van der Waals surface area (Å²) in [6.07, 6.45) is 9.13. The molecule has 0 aromatic carbocycles. The lowest BCUT2D eigenvalue weighted by Gasteiger charge is -2.23. The van der Waals surface area contributed by atoms with E-state index in [1.807, 2.05) is 0 Å². The van der Waals surface area contributed by atoms with Crippen LogP contribution in [0.4, 0.5) is 5.69 Å². The summed E-state index contributed by atoms with van der Waals surface area (Å²) in [5.41, 5.74) is -0.497. The number of hydrogen-bond donors (Lipinski definition) is 3. The van der Waals surface area contributed by atoms with Crippen LogP contribution in [0.2, 0.25) is 0 Å². The van der Waals surface area contributed by atoms with Crippen molar-refractivity contribution in [2.24, 2.45) is 5.92 Å². The van der Waals surface area contributed by atoms with Gasteiger partial charge in [0.2, 0.25) is 11.8 Å².